The molecule has 1 N–H and O–H groups in total. The SMILES string of the molecule is CC(C)NP(#C[Si](C)(C)C)N(C(C)C)C(C)C. The number of rotatable bonds is 3. The molecule has 1 atom stereocenters. The van der Waals surface area contributed by atoms with Gasteiger partial charge in [-0.15, -0.1) is 5.25 Å². The molecule has 0 saturated carbocycles. The molecule has 0 aliphatic carbocycles. The molecule has 0 bridgehead atoms. The van der Waals surface area contributed by atoms with E-state index in [1.807, 2.05) is 0 Å². The summed E-state index contributed by atoms with van der Waals surface area (Å²) >= 11 is 0. The van der Waals surface area contributed by atoms with E-state index < -0.39 is 15.8 Å². The fraction of sp³-hybridized carbons (Fsp3) is 0.923. The fourth-order valence-electron chi connectivity index (χ4n) is 1.78. The van der Waals surface area contributed by atoms with Crippen molar-refractivity contribution in [3.63, 3.8) is 0 Å². The van der Waals surface area contributed by atoms with Crippen LogP contribution >= 0.6 is 7.68 Å². The molecule has 1 unspecified atom stereocenters. The van der Waals surface area contributed by atoms with E-state index in [1.54, 1.807) is 0 Å². The Morgan fingerprint density at radius 3 is 1.59 bits per heavy atom. The van der Waals surface area contributed by atoms with Crippen molar-refractivity contribution in [3.8, 4) is 5.25 Å². The van der Waals surface area contributed by atoms with Gasteiger partial charge in [-0.2, -0.15) is 0 Å². The summed E-state index contributed by atoms with van der Waals surface area (Å²) in [6, 6.07) is 1.65. The van der Waals surface area contributed by atoms with Crippen LogP contribution in [0.5, 0.6) is 0 Å². The number of nitrogens with one attached hydrogen (secondary N) is 1. The summed E-state index contributed by atoms with van der Waals surface area (Å²) in [7, 11) is -1.70. The third-order valence-corrected chi connectivity index (χ3v) is 7.79. The van der Waals surface area contributed by atoms with Crippen LogP contribution in [0.25, 0.3) is 0 Å². The van der Waals surface area contributed by atoms with Crippen LogP contribution < -0.4 is 5.09 Å². The topological polar surface area (TPSA) is 15.3 Å². The monoisotopic (exact) mass is 274 g/mol. The fourth-order valence-corrected chi connectivity index (χ4v) is 6.59. The zero-order chi connectivity index (χ0) is 13.8. The minimum absolute atomic E-state index is 0.435. The standard InChI is InChI=1S/C13H31N2PSi/c1-11(2)14-16(10-17(7,8)9)15(12(3)4)13(5)6/h11-14H,1-9H3. The Bertz CT molecular complexity index is 297. The van der Waals surface area contributed by atoms with E-state index in [9.17, 15) is 0 Å². The van der Waals surface area contributed by atoms with E-state index in [0.717, 1.165) is 0 Å². The van der Waals surface area contributed by atoms with Gasteiger partial charge < -0.3 is 0 Å². The third kappa shape index (κ3) is 7.28. The maximum absolute atomic E-state index is 3.87. The second-order valence-corrected chi connectivity index (χ2v) is 13.3. The van der Waals surface area contributed by atoms with Crippen molar-refractivity contribution in [2.45, 2.75) is 79.3 Å². The lowest BCUT2D eigenvalue weighted by Gasteiger charge is -2.33. The van der Waals surface area contributed by atoms with Gasteiger partial charge in [0.25, 0.3) is 0 Å². The summed E-state index contributed by atoms with van der Waals surface area (Å²) in [4.78, 5) is 0. The summed E-state index contributed by atoms with van der Waals surface area (Å²) in [5.74, 6) is 0. The van der Waals surface area contributed by atoms with Crippen LogP contribution in [0.3, 0.4) is 0 Å². The number of hydrogen-bond acceptors (Lipinski definition) is 2. The van der Waals surface area contributed by atoms with Crippen LogP contribution in [0.2, 0.25) is 19.6 Å². The van der Waals surface area contributed by atoms with Gasteiger partial charge in [0.15, 0.2) is 0 Å². The van der Waals surface area contributed by atoms with Gasteiger partial charge in [0.2, 0.25) is 0 Å². The highest BCUT2D eigenvalue weighted by Gasteiger charge is 2.19. The van der Waals surface area contributed by atoms with Crippen LogP contribution in [0.4, 0.5) is 0 Å². The number of nitrogens with zero attached hydrogens (tertiary/aromatic N) is 1. The van der Waals surface area contributed by atoms with Crippen molar-refractivity contribution in [2.75, 3.05) is 0 Å². The summed E-state index contributed by atoms with van der Waals surface area (Å²) < 4.78 is 2.58. The minimum Gasteiger partial charge on any atom is -0.258 e. The first-order valence-corrected chi connectivity index (χ1v) is 11.5. The van der Waals surface area contributed by atoms with Gasteiger partial charge >= 0.3 is 0 Å². The van der Waals surface area contributed by atoms with Gasteiger partial charge in [0, 0.05) is 25.8 Å². The molecule has 2 nitrogen and oxygen atoms in total. The van der Waals surface area contributed by atoms with E-state index in [1.165, 1.54) is 0 Å². The van der Waals surface area contributed by atoms with Crippen molar-refractivity contribution < 1.29 is 0 Å². The Balaban J connectivity index is 5.34. The smallest absolute Gasteiger partial charge is 0.127 e. The van der Waals surface area contributed by atoms with Gasteiger partial charge in [-0.1, -0.05) is 19.6 Å². The van der Waals surface area contributed by atoms with E-state index in [2.05, 4.69) is 76.2 Å². The van der Waals surface area contributed by atoms with Crippen LogP contribution in [0.15, 0.2) is 0 Å². The molecule has 0 aromatic rings. The molecular weight excluding hydrogens is 243 g/mol. The Hall–Kier alpha value is 0.217. The zero-order valence-electron chi connectivity index (χ0n) is 13.1. The van der Waals surface area contributed by atoms with E-state index in [4.69, 9.17) is 0 Å². The maximum Gasteiger partial charge on any atom is 0.127 e. The average molecular weight is 274 g/mol. The van der Waals surface area contributed by atoms with Crippen LogP contribution in [-0.2, 0) is 0 Å². The molecule has 0 spiro atoms. The second kappa shape index (κ2) is 6.97. The van der Waals surface area contributed by atoms with Gasteiger partial charge in [0.05, 0.1) is 0 Å². The van der Waals surface area contributed by atoms with Crippen LogP contribution in [-0.4, -0.2) is 30.9 Å². The molecule has 0 radical (unpaired) electrons. The van der Waals surface area contributed by atoms with Crippen molar-refractivity contribution >= 4 is 15.8 Å². The third-order valence-electron chi connectivity index (χ3n) is 2.11. The highest BCUT2D eigenvalue weighted by molar-refractivity contribution is 7.44. The molecule has 0 fully saturated rings. The summed E-state index contributed by atoms with van der Waals surface area (Å²) in [6.45, 7) is 20.7. The molecule has 17 heavy (non-hydrogen) atoms. The first kappa shape index (κ1) is 17.2. The lowest BCUT2D eigenvalue weighted by molar-refractivity contribution is 0.323. The molecular formula is C13H31N2PSi. The van der Waals surface area contributed by atoms with Gasteiger partial charge in [0.1, 0.15) is 8.07 Å². The summed E-state index contributed by atoms with van der Waals surface area (Å²) in [5, 5.41) is 7.58. The van der Waals surface area contributed by atoms with Crippen LogP contribution in [0, 0.1) is 5.25 Å². The van der Waals surface area contributed by atoms with Crippen molar-refractivity contribution in [2.24, 2.45) is 0 Å². The molecule has 0 aliphatic rings. The van der Waals surface area contributed by atoms with E-state index in [0.29, 0.717) is 18.1 Å². The molecule has 0 heterocycles. The highest BCUT2D eigenvalue weighted by atomic mass is 31.1. The predicted octanol–water partition coefficient (Wildman–Crippen LogP) is 4.25. The molecule has 0 amide bonds. The molecule has 0 aliphatic heterocycles. The average Bonchev–Trinajstić information content (AvgIpc) is 1.96. The van der Waals surface area contributed by atoms with Crippen molar-refractivity contribution in [1.82, 2.24) is 9.76 Å². The summed E-state index contributed by atoms with van der Waals surface area (Å²) in [6.07, 6.45) is 0. The van der Waals surface area contributed by atoms with Gasteiger partial charge in [-0.05, 0) is 41.5 Å². The normalized spacial score (nSPS) is 13.8. The summed E-state index contributed by atoms with van der Waals surface area (Å²) in [5.41, 5.74) is 0. The largest absolute Gasteiger partial charge is 0.258 e. The second-order valence-electron chi connectivity index (χ2n) is 6.52. The number of hydrogen-bond donors (Lipinski definition) is 1. The van der Waals surface area contributed by atoms with Gasteiger partial charge in [-0.25, -0.2) is 4.67 Å². The molecule has 102 valence electrons. The molecule has 4 heteroatoms. The Morgan fingerprint density at radius 2 is 1.35 bits per heavy atom. The predicted molar refractivity (Wildman–Crippen MR) is 84.5 cm³/mol. The van der Waals surface area contributed by atoms with Crippen LogP contribution in [0.1, 0.15) is 41.5 Å². The Kier molecular flexibility index (Phi) is 7.06. The minimum atomic E-state index is -1.27. The van der Waals surface area contributed by atoms with Gasteiger partial charge in [-0.3, -0.25) is 5.09 Å². The lowest BCUT2D eigenvalue weighted by atomic mass is 10.3. The first-order chi connectivity index (χ1) is 7.54. The van der Waals surface area contributed by atoms with Crippen molar-refractivity contribution in [1.29, 1.82) is 0 Å². The van der Waals surface area contributed by atoms with Crippen molar-refractivity contribution in [3.05, 3.63) is 0 Å². The first-order valence-electron chi connectivity index (χ1n) is 6.67. The zero-order valence-corrected chi connectivity index (χ0v) is 15.0. The van der Waals surface area contributed by atoms with E-state index >= 15 is 0 Å². The molecule has 0 saturated heterocycles. The lowest BCUT2D eigenvalue weighted by Crippen LogP contribution is -2.35. The Labute approximate surface area is 110 Å². The molecule has 0 rings (SSSR count). The molecule has 0 aromatic carbocycles. The molecule has 0 aromatic heterocycles. The Morgan fingerprint density at radius 1 is 0.941 bits per heavy atom. The maximum atomic E-state index is 3.87. The quantitative estimate of drug-likeness (QED) is 0.611. The van der Waals surface area contributed by atoms with E-state index in [-0.39, 0.29) is 0 Å². The highest BCUT2D eigenvalue weighted by Crippen LogP contribution is 2.29.